The zero-order chi connectivity index (χ0) is 19.8. The van der Waals surface area contributed by atoms with E-state index in [-0.39, 0.29) is 29.4 Å². The maximum atomic E-state index is 12.1. The lowest BCUT2D eigenvalue weighted by Crippen LogP contribution is -2.14. The van der Waals surface area contributed by atoms with Crippen molar-refractivity contribution in [3.63, 3.8) is 0 Å². The van der Waals surface area contributed by atoms with Crippen LogP contribution in [-0.4, -0.2) is 29.2 Å². The van der Waals surface area contributed by atoms with E-state index in [2.05, 4.69) is 10.3 Å². The molecule has 136 valence electrons. The van der Waals surface area contributed by atoms with Crippen molar-refractivity contribution in [1.29, 1.82) is 10.5 Å². The SMILES string of the molecule is CCOC(=O)c1cc(C#N)c(SCC(=O)Nc2ccc(C#N)cc2)nc1C. The van der Waals surface area contributed by atoms with Crippen LogP contribution in [0.5, 0.6) is 0 Å². The minimum absolute atomic E-state index is 0.0415. The van der Waals surface area contributed by atoms with Crippen LogP contribution in [0.25, 0.3) is 0 Å². The van der Waals surface area contributed by atoms with Gasteiger partial charge in [-0.2, -0.15) is 10.5 Å². The van der Waals surface area contributed by atoms with Crippen LogP contribution in [0.3, 0.4) is 0 Å². The van der Waals surface area contributed by atoms with E-state index in [0.29, 0.717) is 22.0 Å². The van der Waals surface area contributed by atoms with Crippen molar-refractivity contribution in [2.75, 3.05) is 17.7 Å². The van der Waals surface area contributed by atoms with Crippen molar-refractivity contribution in [3.8, 4) is 12.1 Å². The number of benzene rings is 1. The molecule has 2 aromatic rings. The average Bonchev–Trinajstić information content (AvgIpc) is 2.67. The Morgan fingerprint density at radius 1 is 1.22 bits per heavy atom. The number of aryl methyl sites for hydroxylation is 1. The van der Waals surface area contributed by atoms with E-state index < -0.39 is 5.97 Å². The molecule has 8 heteroatoms. The Balaban J connectivity index is 2.07. The fraction of sp³-hybridized carbons (Fsp3) is 0.211. The summed E-state index contributed by atoms with van der Waals surface area (Å²) in [6.45, 7) is 3.57. The van der Waals surface area contributed by atoms with Gasteiger partial charge in [0.05, 0.1) is 40.8 Å². The summed E-state index contributed by atoms with van der Waals surface area (Å²) in [5.41, 5.74) is 1.95. The first kappa shape index (κ1) is 20.0. The van der Waals surface area contributed by atoms with Crippen molar-refractivity contribution < 1.29 is 14.3 Å². The molecule has 0 saturated carbocycles. The molecule has 1 amide bonds. The van der Waals surface area contributed by atoms with E-state index in [4.69, 9.17) is 10.00 Å². The number of anilines is 1. The number of hydrogen-bond donors (Lipinski definition) is 1. The summed E-state index contributed by atoms with van der Waals surface area (Å²) in [5.74, 6) is -0.767. The number of hydrogen-bond acceptors (Lipinski definition) is 7. The minimum Gasteiger partial charge on any atom is -0.462 e. The summed E-state index contributed by atoms with van der Waals surface area (Å²) in [4.78, 5) is 28.3. The third kappa shape index (κ3) is 5.30. The molecule has 0 saturated heterocycles. The molecule has 0 aliphatic carbocycles. The summed E-state index contributed by atoms with van der Waals surface area (Å²) in [7, 11) is 0. The highest BCUT2D eigenvalue weighted by Crippen LogP contribution is 2.23. The molecule has 0 bridgehead atoms. The van der Waals surface area contributed by atoms with E-state index in [1.54, 1.807) is 38.1 Å². The van der Waals surface area contributed by atoms with Crippen LogP contribution in [0.4, 0.5) is 5.69 Å². The lowest BCUT2D eigenvalue weighted by atomic mass is 10.1. The van der Waals surface area contributed by atoms with Gasteiger partial charge in [-0.1, -0.05) is 11.8 Å². The van der Waals surface area contributed by atoms with E-state index in [0.717, 1.165) is 11.8 Å². The van der Waals surface area contributed by atoms with Crippen LogP contribution in [-0.2, 0) is 9.53 Å². The van der Waals surface area contributed by atoms with Crippen LogP contribution in [0, 0.1) is 29.6 Å². The first-order chi connectivity index (χ1) is 13.0. The predicted molar refractivity (Wildman–Crippen MR) is 100 cm³/mol. The molecule has 2 rings (SSSR count). The first-order valence-electron chi connectivity index (χ1n) is 8.00. The van der Waals surface area contributed by atoms with Gasteiger partial charge in [-0.3, -0.25) is 4.79 Å². The first-order valence-corrected chi connectivity index (χ1v) is 8.98. The van der Waals surface area contributed by atoms with Gasteiger partial charge in [0, 0.05) is 5.69 Å². The molecule has 0 radical (unpaired) electrons. The molecule has 0 aliphatic rings. The molecule has 0 aliphatic heterocycles. The van der Waals surface area contributed by atoms with Crippen molar-refractivity contribution in [3.05, 3.63) is 52.7 Å². The number of nitrogens with one attached hydrogen (secondary N) is 1. The minimum atomic E-state index is -0.533. The van der Waals surface area contributed by atoms with Crippen LogP contribution in [0.2, 0.25) is 0 Å². The molecule has 0 spiro atoms. The summed E-state index contributed by atoms with van der Waals surface area (Å²) in [6.07, 6.45) is 0. The third-order valence-electron chi connectivity index (χ3n) is 3.43. The number of amides is 1. The number of carbonyl (C=O) groups is 2. The molecular weight excluding hydrogens is 364 g/mol. The highest BCUT2D eigenvalue weighted by molar-refractivity contribution is 8.00. The molecule has 1 aromatic carbocycles. The van der Waals surface area contributed by atoms with Crippen molar-refractivity contribution in [2.24, 2.45) is 0 Å². The topological polar surface area (TPSA) is 116 Å². The molecule has 0 atom stereocenters. The highest BCUT2D eigenvalue weighted by Gasteiger charge is 2.17. The number of thioether (sulfide) groups is 1. The second-order valence-corrected chi connectivity index (χ2v) is 6.30. The van der Waals surface area contributed by atoms with Gasteiger partial charge in [-0.25, -0.2) is 9.78 Å². The summed E-state index contributed by atoms with van der Waals surface area (Å²) in [6, 6.07) is 11.9. The molecule has 7 nitrogen and oxygen atoms in total. The van der Waals surface area contributed by atoms with Gasteiger partial charge in [0.25, 0.3) is 0 Å². The number of ether oxygens (including phenoxy) is 1. The lowest BCUT2D eigenvalue weighted by Gasteiger charge is -2.09. The van der Waals surface area contributed by atoms with Gasteiger partial charge < -0.3 is 10.1 Å². The number of aromatic nitrogens is 1. The van der Waals surface area contributed by atoms with Gasteiger partial charge in [-0.05, 0) is 44.2 Å². The maximum absolute atomic E-state index is 12.1. The molecule has 0 fully saturated rings. The zero-order valence-electron chi connectivity index (χ0n) is 14.8. The van der Waals surface area contributed by atoms with Gasteiger partial charge in [-0.15, -0.1) is 0 Å². The van der Waals surface area contributed by atoms with E-state index in [9.17, 15) is 14.9 Å². The van der Waals surface area contributed by atoms with Gasteiger partial charge in [0.1, 0.15) is 11.1 Å². The summed E-state index contributed by atoms with van der Waals surface area (Å²) < 4.78 is 4.95. The van der Waals surface area contributed by atoms with Crippen molar-refractivity contribution in [2.45, 2.75) is 18.9 Å². The van der Waals surface area contributed by atoms with Crippen LogP contribution >= 0.6 is 11.8 Å². The highest BCUT2D eigenvalue weighted by atomic mass is 32.2. The number of esters is 1. The van der Waals surface area contributed by atoms with Gasteiger partial charge in [0.2, 0.25) is 5.91 Å². The fourth-order valence-electron chi connectivity index (χ4n) is 2.15. The number of nitrogens with zero attached hydrogens (tertiary/aromatic N) is 3. The van der Waals surface area contributed by atoms with Crippen LogP contribution in [0.1, 0.15) is 34.1 Å². The monoisotopic (exact) mass is 380 g/mol. The molecule has 1 N–H and O–H groups in total. The number of carbonyl (C=O) groups excluding carboxylic acids is 2. The smallest absolute Gasteiger partial charge is 0.340 e. The Labute approximate surface area is 161 Å². The lowest BCUT2D eigenvalue weighted by molar-refractivity contribution is -0.113. The Bertz CT molecular complexity index is 943. The van der Waals surface area contributed by atoms with Gasteiger partial charge >= 0.3 is 5.97 Å². The molecule has 0 unspecified atom stereocenters. The van der Waals surface area contributed by atoms with Gasteiger partial charge in [0.15, 0.2) is 0 Å². The second kappa shape index (κ2) is 9.37. The maximum Gasteiger partial charge on any atom is 0.340 e. The molecule has 1 heterocycles. The zero-order valence-corrected chi connectivity index (χ0v) is 15.6. The predicted octanol–water partition coefficient (Wildman–Crippen LogP) is 3.04. The largest absolute Gasteiger partial charge is 0.462 e. The van der Waals surface area contributed by atoms with Crippen molar-refractivity contribution >= 4 is 29.3 Å². The summed E-state index contributed by atoms with van der Waals surface area (Å²) >= 11 is 1.10. The Hall–Kier alpha value is -3.36. The number of rotatable bonds is 6. The Kier molecular flexibility index (Phi) is 6.93. The van der Waals surface area contributed by atoms with Crippen molar-refractivity contribution in [1.82, 2.24) is 4.98 Å². The Morgan fingerprint density at radius 3 is 2.52 bits per heavy atom. The van der Waals surface area contributed by atoms with Crippen LogP contribution in [0.15, 0.2) is 35.4 Å². The average molecular weight is 380 g/mol. The molecule has 27 heavy (non-hydrogen) atoms. The summed E-state index contributed by atoms with van der Waals surface area (Å²) in [5, 5.41) is 21.2. The van der Waals surface area contributed by atoms with Crippen LogP contribution < -0.4 is 5.32 Å². The second-order valence-electron chi connectivity index (χ2n) is 5.33. The molecular formula is C19H16N4O3S. The third-order valence-corrected chi connectivity index (χ3v) is 4.42. The number of pyridine rings is 1. The Morgan fingerprint density at radius 2 is 1.93 bits per heavy atom. The van der Waals surface area contributed by atoms with E-state index >= 15 is 0 Å². The van der Waals surface area contributed by atoms with E-state index in [1.807, 2.05) is 12.1 Å². The van der Waals surface area contributed by atoms with E-state index in [1.165, 1.54) is 6.07 Å². The normalized spacial score (nSPS) is 9.78. The number of nitriles is 2. The quantitative estimate of drug-likeness (QED) is 0.605. The molecule has 1 aromatic heterocycles. The standard InChI is InChI=1S/C19H16N4O3S/c1-3-26-19(25)16-8-14(10-21)18(22-12(16)2)27-11-17(24)23-15-6-4-13(9-20)5-7-15/h4-8H,3,11H2,1-2H3,(H,23,24). The fourth-order valence-corrected chi connectivity index (χ4v) is 2.95.